The van der Waals surface area contributed by atoms with Crippen LogP contribution < -0.4 is 0 Å². The topological polar surface area (TPSA) is 18.8 Å². The molecule has 0 saturated heterocycles. The second kappa shape index (κ2) is 7.81. The van der Waals surface area contributed by atoms with Crippen LogP contribution in [0.25, 0.3) is 0 Å². The van der Waals surface area contributed by atoms with E-state index < -0.39 is 42.2 Å². The van der Waals surface area contributed by atoms with E-state index in [1.807, 2.05) is 0 Å². The van der Waals surface area contributed by atoms with E-state index in [0.29, 0.717) is 0 Å². The van der Waals surface area contributed by atoms with Crippen molar-refractivity contribution in [2.45, 2.75) is 83.7 Å². The molecule has 0 bridgehead atoms. The molecule has 0 spiro atoms. The molecule has 1 aliphatic heterocycles. The van der Waals surface area contributed by atoms with Crippen molar-refractivity contribution in [3.05, 3.63) is 35.9 Å². The van der Waals surface area contributed by atoms with E-state index in [9.17, 15) is 26.3 Å². The molecule has 1 heterocycles. The highest BCUT2D eigenvalue weighted by molar-refractivity contribution is 6.01. The van der Waals surface area contributed by atoms with E-state index in [-0.39, 0.29) is 11.4 Å². The summed E-state index contributed by atoms with van der Waals surface area (Å²) < 4.78 is 85.8. The number of benzene rings is 1. The summed E-state index contributed by atoms with van der Waals surface area (Å²) in [7, 11) is 0. The van der Waals surface area contributed by atoms with Crippen LogP contribution in [0, 0.1) is 0 Å². The van der Waals surface area contributed by atoms with Crippen molar-refractivity contribution in [2.75, 3.05) is 0 Å². The summed E-state index contributed by atoms with van der Waals surface area (Å²) in [6.07, 6.45) is -13.3. The Labute approximate surface area is 167 Å². The molecule has 1 aromatic carbocycles. The van der Waals surface area contributed by atoms with E-state index in [4.69, 9.17) is 0 Å². The fraction of sp³-hybridized carbons (Fsp3) is 0.650. The molecule has 1 aromatic rings. The minimum atomic E-state index is -5.64. The lowest BCUT2D eigenvalue weighted by Gasteiger charge is -2.49. The third-order valence-corrected chi connectivity index (χ3v) is 5.09. The van der Waals surface area contributed by atoms with Crippen LogP contribution in [0.1, 0.15) is 47.1 Å². The number of alkyl halides is 6. The summed E-state index contributed by atoms with van der Waals surface area (Å²) in [5.74, 6) is -0.299. The molecule has 0 N–H and O–H groups in total. The predicted molar refractivity (Wildman–Crippen MR) is 101 cm³/mol. The van der Waals surface area contributed by atoms with Crippen LogP contribution in [0.5, 0.6) is 0 Å². The van der Waals surface area contributed by atoms with Gasteiger partial charge in [-0.25, -0.2) is 4.99 Å². The Balaban J connectivity index is 2.92. The first-order valence-electron chi connectivity index (χ1n) is 9.51. The van der Waals surface area contributed by atoms with Gasteiger partial charge in [0.1, 0.15) is 12.0 Å². The zero-order valence-corrected chi connectivity index (χ0v) is 17.3. The lowest BCUT2D eigenvalue weighted by molar-refractivity contribution is -0.318. The third-order valence-electron chi connectivity index (χ3n) is 5.09. The van der Waals surface area contributed by atoms with Crippen molar-refractivity contribution in [3.63, 3.8) is 0 Å². The van der Waals surface area contributed by atoms with Crippen molar-refractivity contribution in [1.29, 1.82) is 0 Å². The predicted octanol–water partition coefficient (Wildman–Crippen LogP) is 5.47. The van der Waals surface area contributed by atoms with Crippen LogP contribution >= 0.6 is 0 Å². The number of rotatable bonds is 5. The zero-order valence-electron chi connectivity index (χ0n) is 17.3. The van der Waals surface area contributed by atoms with E-state index in [1.165, 1.54) is 17.0 Å². The van der Waals surface area contributed by atoms with Crippen LogP contribution in [0.4, 0.5) is 26.3 Å². The van der Waals surface area contributed by atoms with E-state index >= 15 is 0 Å². The van der Waals surface area contributed by atoms with Gasteiger partial charge in [0.2, 0.25) is 0 Å². The molecule has 0 aliphatic carbocycles. The van der Waals surface area contributed by atoms with Crippen LogP contribution in [0.15, 0.2) is 35.3 Å². The van der Waals surface area contributed by atoms with Crippen molar-refractivity contribution < 1.29 is 26.3 Å². The minimum Gasteiger partial charge on any atom is -0.335 e. The van der Waals surface area contributed by atoms with Crippen molar-refractivity contribution >= 4 is 5.84 Å². The number of nitrogens with zero attached hydrogens (tertiary/aromatic N) is 3. The molecular formula is C20H27F6N3. The summed E-state index contributed by atoms with van der Waals surface area (Å²) >= 11 is 0. The van der Waals surface area contributed by atoms with Crippen LogP contribution in [-0.4, -0.2) is 57.8 Å². The number of aliphatic imine (C=N–C) groups is 1. The van der Waals surface area contributed by atoms with Gasteiger partial charge in [-0.3, -0.25) is 4.90 Å². The number of amidine groups is 1. The van der Waals surface area contributed by atoms with E-state index in [1.54, 1.807) is 59.7 Å². The average molecular weight is 423 g/mol. The first kappa shape index (κ1) is 23.5. The van der Waals surface area contributed by atoms with Crippen LogP contribution in [0.3, 0.4) is 0 Å². The highest BCUT2D eigenvalue weighted by Gasteiger charge is 2.80. The summed E-state index contributed by atoms with van der Waals surface area (Å²) in [6.45, 7) is 9.53. The molecule has 2 rings (SSSR count). The lowest BCUT2D eigenvalue weighted by atomic mass is 9.91. The van der Waals surface area contributed by atoms with Gasteiger partial charge in [-0.1, -0.05) is 30.3 Å². The molecule has 1 atom stereocenters. The molecule has 1 unspecified atom stereocenters. The van der Waals surface area contributed by atoms with Gasteiger partial charge in [-0.2, -0.15) is 26.3 Å². The largest absolute Gasteiger partial charge is 0.426 e. The maximum absolute atomic E-state index is 14.3. The maximum atomic E-state index is 14.3. The van der Waals surface area contributed by atoms with Crippen molar-refractivity contribution in [1.82, 2.24) is 9.80 Å². The molecular weight excluding hydrogens is 396 g/mol. The summed E-state index contributed by atoms with van der Waals surface area (Å²) in [5.41, 5.74) is -4.04. The van der Waals surface area contributed by atoms with Gasteiger partial charge in [0, 0.05) is 23.7 Å². The van der Waals surface area contributed by atoms with Gasteiger partial charge in [-0.15, -0.1) is 0 Å². The standard InChI is InChI=1S/C20H27F6N3/c1-12(2)28(13(3)4)17-18(19(21,22)23,20(24,25)26)27-16(29(17)14(5)6)15-10-8-7-9-11-15/h7-14,17H,1-6H3. The molecule has 0 radical (unpaired) electrons. The smallest absolute Gasteiger partial charge is 0.335 e. The quantitative estimate of drug-likeness (QED) is 0.586. The van der Waals surface area contributed by atoms with Gasteiger partial charge in [0.25, 0.3) is 5.54 Å². The summed E-state index contributed by atoms with van der Waals surface area (Å²) in [5, 5.41) is 0. The highest BCUT2D eigenvalue weighted by atomic mass is 19.4. The average Bonchev–Trinajstić information content (AvgIpc) is 2.92. The molecule has 0 amide bonds. The maximum Gasteiger partial charge on any atom is 0.426 e. The van der Waals surface area contributed by atoms with Gasteiger partial charge in [0.15, 0.2) is 0 Å². The number of halogens is 6. The third kappa shape index (κ3) is 3.85. The highest BCUT2D eigenvalue weighted by Crippen LogP contribution is 2.54. The molecule has 3 nitrogen and oxygen atoms in total. The van der Waals surface area contributed by atoms with Gasteiger partial charge >= 0.3 is 12.4 Å². The fourth-order valence-electron chi connectivity index (χ4n) is 4.03. The molecule has 0 saturated carbocycles. The van der Waals surface area contributed by atoms with Gasteiger partial charge in [-0.05, 0) is 41.5 Å². The first-order chi connectivity index (χ1) is 13.2. The molecule has 0 aromatic heterocycles. The van der Waals surface area contributed by atoms with Gasteiger partial charge < -0.3 is 4.90 Å². The zero-order chi connectivity index (χ0) is 22.4. The normalized spacial score (nSPS) is 20.3. The Hall–Kier alpha value is -1.77. The molecule has 164 valence electrons. The summed E-state index contributed by atoms with van der Waals surface area (Å²) in [4.78, 5) is 5.87. The Morgan fingerprint density at radius 2 is 1.31 bits per heavy atom. The lowest BCUT2D eigenvalue weighted by Crippen LogP contribution is -2.71. The summed E-state index contributed by atoms with van der Waals surface area (Å²) in [6, 6.07) is 5.93. The second-order valence-electron chi connectivity index (χ2n) is 8.07. The number of hydrogen-bond acceptors (Lipinski definition) is 3. The first-order valence-corrected chi connectivity index (χ1v) is 9.51. The number of hydrogen-bond donors (Lipinski definition) is 0. The Morgan fingerprint density at radius 1 is 0.862 bits per heavy atom. The monoisotopic (exact) mass is 423 g/mol. The molecule has 29 heavy (non-hydrogen) atoms. The minimum absolute atomic E-state index is 0.217. The van der Waals surface area contributed by atoms with Crippen LogP contribution in [0.2, 0.25) is 0 Å². The molecule has 0 fully saturated rings. The molecule has 9 heteroatoms. The Kier molecular flexibility index (Phi) is 6.33. The van der Waals surface area contributed by atoms with Crippen molar-refractivity contribution in [2.24, 2.45) is 4.99 Å². The van der Waals surface area contributed by atoms with E-state index in [0.717, 1.165) is 4.90 Å². The second-order valence-corrected chi connectivity index (χ2v) is 8.07. The Morgan fingerprint density at radius 3 is 1.66 bits per heavy atom. The van der Waals surface area contributed by atoms with Crippen molar-refractivity contribution in [3.8, 4) is 0 Å². The fourth-order valence-corrected chi connectivity index (χ4v) is 4.03. The van der Waals surface area contributed by atoms with Crippen LogP contribution in [-0.2, 0) is 0 Å². The SMILES string of the molecule is CC(C)N1C(c2ccccc2)=NC(C(F)(F)F)(C(F)(F)F)C1N(C(C)C)C(C)C. The van der Waals surface area contributed by atoms with E-state index in [2.05, 4.69) is 4.99 Å². The van der Waals surface area contributed by atoms with Gasteiger partial charge in [0.05, 0.1) is 0 Å². The molecule has 1 aliphatic rings. The Bertz CT molecular complexity index is 700.